The Bertz CT molecular complexity index is 2950. The van der Waals surface area contributed by atoms with Gasteiger partial charge in [-0.05, 0) is 185 Å². The lowest BCUT2D eigenvalue weighted by Gasteiger charge is -2.31. The van der Waals surface area contributed by atoms with Gasteiger partial charge in [0.2, 0.25) is 0 Å². The van der Waals surface area contributed by atoms with Gasteiger partial charge in [0, 0.05) is 39.5 Å². The maximum absolute atomic E-state index is 2.60. The highest BCUT2D eigenvalue weighted by Crippen LogP contribution is 2.55. The molecule has 8 aromatic carbocycles. The standard InChI is InChI=1S/C62H56N2/c1-62(2)57-20-12-19-54(45-13-6-3-7-14-45)61(57)55-36-35-53(41-58(55)62)64(52-33-31-46(32-34-52)56-38-44-25-30-49(56)37-44)60-40-43-22-27-47-26-21-42(23-28-48(60)29-24-43)39-59(47)63(50-15-8-4-9-16-50)51-17-10-5-11-18-51/h3-21,24,26,29,31-36,39-41,44,49,56H,22-23,25,27-28,30,37-38H2,1-2H3. The lowest BCUT2D eigenvalue weighted by Crippen LogP contribution is -2.18. The van der Waals surface area contributed by atoms with Crippen molar-refractivity contribution in [3.63, 3.8) is 0 Å². The Morgan fingerprint density at radius 1 is 0.438 bits per heavy atom. The van der Waals surface area contributed by atoms with Crippen LogP contribution < -0.4 is 9.80 Å². The summed E-state index contributed by atoms with van der Waals surface area (Å²) in [4.78, 5) is 5.06. The van der Waals surface area contributed by atoms with Crippen molar-refractivity contribution in [1.82, 2.24) is 0 Å². The summed E-state index contributed by atoms with van der Waals surface area (Å²) >= 11 is 0. The van der Waals surface area contributed by atoms with E-state index in [2.05, 4.69) is 212 Å². The Morgan fingerprint density at radius 2 is 1.02 bits per heavy atom. The molecule has 0 spiro atoms. The number of hydrogen-bond acceptors (Lipinski definition) is 2. The summed E-state index contributed by atoms with van der Waals surface area (Å²) in [6, 6.07) is 71.4. The lowest BCUT2D eigenvalue weighted by molar-refractivity contribution is 0.420. The van der Waals surface area contributed by atoms with Crippen molar-refractivity contribution in [1.29, 1.82) is 0 Å². The first-order valence-corrected chi connectivity index (χ1v) is 23.8. The zero-order chi connectivity index (χ0) is 42.8. The Hall–Kier alpha value is -6.64. The minimum Gasteiger partial charge on any atom is -0.310 e. The number of aryl methyl sites for hydroxylation is 4. The van der Waals surface area contributed by atoms with Crippen LogP contribution in [0.15, 0.2) is 188 Å². The maximum Gasteiger partial charge on any atom is 0.0496 e. The number of anilines is 6. The number of para-hydroxylation sites is 2. The van der Waals surface area contributed by atoms with Crippen LogP contribution in [-0.2, 0) is 31.1 Å². The van der Waals surface area contributed by atoms with Crippen molar-refractivity contribution >= 4 is 34.1 Å². The molecule has 0 radical (unpaired) electrons. The summed E-state index contributed by atoms with van der Waals surface area (Å²) < 4.78 is 0. The van der Waals surface area contributed by atoms with E-state index in [-0.39, 0.29) is 5.41 Å². The van der Waals surface area contributed by atoms with Gasteiger partial charge in [-0.25, -0.2) is 0 Å². The predicted octanol–water partition coefficient (Wildman–Crippen LogP) is 16.4. The third-order valence-corrected chi connectivity index (χ3v) is 15.5. The molecular weight excluding hydrogens is 773 g/mol. The molecule has 64 heavy (non-hydrogen) atoms. The molecule has 314 valence electrons. The maximum atomic E-state index is 2.60. The van der Waals surface area contributed by atoms with E-state index < -0.39 is 0 Å². The normalized spacial score (nSPS) is 18.9. The second kappa shape index (κ2) is 15.9. The number of nitrogens with zero attached hydrogens (tertiary/aromatic N) is 2. The Kier molecular flexibility index (Phi) is 9.66. The molecule has 6 bridgehead atoms. The zero-order valence-corrected chi connectivity index (χ0v) is 37.2. The van der Waals surface area contributed by atoms with E-state index in [0.29, 0.717) is 5.92 Å². The Labute approximate surface area is 379 Å². The first kappa shape index (κ1) is 39.0. The topological polar surface area (TPSA) is 6.48 Å². The molecule has 2 nitrogen and oxygen atoms in total. The number of rotatable bonds is 8. The molecule has 7 aliphatic rings. The van der Waals surface area contributed by atoms with Crippen LogP contribution >= 0.6 is 0 Å². The molecule has 3 unspecified atom stereocenters. The summed E-state index contributed by atoms with van der Waals surface area (Å²) in [7, 11) is 0. The minimum atomic E-state index is -0.151. The van der Waals surface area contributed by atoms with Crippen LogP contribution in [0.25, 0.3) is 22.3 Å². The third-order valence-electron chi connectivity index (χ3n) is 15.5. The second-order valence-electron chi connectivity index (χ2n) is 19.6. The van der Waals surface area contributed by atoms with Gasteiger partial charge in [-0.15, -0.1) is 0 Å². The fraction of sp³-hybridized carbons (Fsp3) is 0.226. The molecule has 2 fully saturated rings. The van der Waals surface area contributed by atoms with Gasteiger partial charge in [0.15, 0.2) is 0 Å². The smallest absolute Gasteiger partial charge is 0.0496 e. The van der Waals surface area contributed by atoms with Crippen molar-refractivity contribution in [3.8, 4) is 22.3 Å². The van der Waals surface area contributed by atoms with Crippen LogP contribution in [0.2, 0.25) is 0 Å². The van der Waals surface area contributed by atoms with Crippen molar-refractivity contribution in [2.45, 2.75) is 76.5 Å². The number of hydrogen-bond donors (Lipinski definition) is 0. The van der Waals surface area contributed by atoms with Gasteiger partial charge in [-0.2, -0.15) is 0 Å². The van der Waals surface area contributed by atoms with Crippen LogP contribution in [0.4, 0.5) is 34.1 Å². The number of benzene rings is 8. The van der Waals surface area contributed by atoms with Crippen molar-refractivity contribution in [2.75, 3.05) is 9.80 Å². The molecular formula is C62H56N2. The van der Waals surface area contributed by atoms with E-state index in [1.165, 1.54) is 121 Å². The summed E-state index contributed by atoms with van der Waals surface area (Å²) in [5.74, 6) is 2.49. The van der Waals surface area contributed by atoms with Gasteiger partial charge >= 0.3 is 0 Å². The van der Waals surface area contributed by atoms with Crippen molar-refractivity contribution in [3.05, 3.63) is 227 Å². The summed E-state index contributed by atoms with van der Waals surface area (Å²) in [6.45, 7) is 4.84. The highest BCUT2D eigenvalue weighted by Gasteiger charge is 2.40. The summed E-state index contributed by atoms with van der Waals surface area (Å²) in [5, 5.41) is 0. The van der Waals surface area contributed by atoms with Gasteiger partial charge in [0.05, 0.1) is 0 Å². The molecule has 0 saturated heterocycles. The average Bonchev–Trinajstić information content (AvgIpc) is 4.04. The highest BCUT2D eigenvalue weighted by atomic mass is 15.2. The lowest BCUT2D eigenvalue weighted by atomic mass is 9.81. The molecule has 0 amide bonds. The minimum absolute atomic E-state index is 0.151. The van der Waals surface area contributed by atoms with E-state index in [9.17, 15) is 0 Å². The summed E-state index contributed by atoms with van der Waals surface area (Å²) in [6.07, 6.45) is 9.40. The SMILES string of the molecule is CC1(C)c2cc(N(c3ccc(C4CC5CCC4C5)cc3)c3cc4ccc3CCc3ccc(c(N(c5ccccc5)c5ccccc5)c3)CC4)ccc2-c2c(-c3ccccc3)cccc21. The molecule has 0 aliphatic heterocycles. The van der Waals surface area contributed by atoms with E-state index in [4.69, 9.17) is 0 Å². The molecule has 3 atom stereocenters. The van der Waals surface area contributed by atoms with Gasteiger partial charge in [0.1, 0.15) is 0 Å². The molecule has 0 aromatic heterocycles. The molecule has 15 rings (SSSR count). The largest absolute Gasteiger partial charge is 0.310 e. The van der Waals surface area contributed by atoms with Crippen LogP contribution in [0.1, 0.15) is 84.4 Å². The molecule has 7 aliphatic carbocycles. The molecule has 0 N–H and O–H groups in total. The van der Waals surface area contributed by atoms with E-state index in [1.54, 1.807) is 0 Å². The van der Waals surface area contributed by atoms with Crippen LogP contribution in [0.3, 0.4) is 0 Å². The van der Waals surface area contributed by atoms with E-state index in [0.717, 1.165) is 37.5 Å². The zero-order valence-electron chi connectivity index (χ0n) is 37.2. The van der Waals surface area contributed by atoms with E-state index in [1.807, 2.05) is 0 Å². The number of fused-ring (bicyclic) bond motifs is 5. The summed E-state index contributed by atoms with van der Waals surface area (Å²) in [5.41, 5.74) is 22.4. The second-order valence-corrected chi connectivity index (χ2v) is 19.6. The monoisotopic (exact) mass is 828 g/mol. The molecule has 2 saturated carbocycles. The van der Waals surface area contributed by atoms with Crippen LogP contribution in [0.5, 0.6) is 0 Å². The van der Waals surface area contributed by atoms with E-state index >= 15 is 0 Å². The fourth-order valence-corrected chi connectivity index (χ4v) is 12.2. The molecule has 0 heterocycles. The van der Waals surface area contributed by atoms with Gasteiger partial charge in [-0.3, -0.25) is 0 Å². The molecule has 2 heteroatoms. The Balaban J connectivity index is 0.965. The third kappa shape index (κ3) is 6.78. The quantitative estimate of drug-likeness (QED) is 0.151. The average molecular weight is 829 g/mol. The van der Waals surface area contributed by atoms with Crippen LogP contribution in [0, 0.1) is 11.8 Å². The first-order valence-electron chi connectivity index (χ1n) is 23.8. The molecule has 8 aromatic rings. The van der Waals surface area contributed by atoms with Crippen molar-refractivity contribution in [2.24, 2.45) is 11.8 Å². The van der Waals surface area contributed by atoms with Gasteiger partial charge in [0.25, 0.3) is 0 Å². The van der Waals surface area contributed by atoms with Gasteiger partial charge in [-0.1, -0.05) is 148 Å². The fourth-order valence-electron chi connectivity index (χ4n) is 12.2. The van der Waals surface area contributed by atoms with Gasteiger partial charge < -0.3 is 9.80 Å². The van der Waals surface area contributed by atoms with Crippen molar-refractivity contribution < 1.29 is 0 Å². The van der Waals surface area contributed by atoms with Crippen LogP contribution in [-0.4, -0.2) is 0 Å². The first-order chi connectivity index (χ1) is 31.5. The predicted molar refractivity (Wildman–Crippen MR) is 268 cm³/mol. The highest BCUT2D eigenvalue weighted by molar-refractivity contribution is 5.94. The Morgan fingerprint density at radius 3 is 1.61 bits per heavy atom.